The van der Waals surface area contributed by atoms with E-state index in [9.17, 15) is 27.9 Å². The predicted octanol–water partition coefficient (Wildman–Crippen LogP) is 2.00. The fourth-order valence-corrected chi connectivity index (χ4v) is 4.25. The van der Waals surface area contributed by atoms with Gasteiger partial charge in [-0.1, -0.05) is 0 Å². The standard InChI is InChI=1S/C20H25F3N2O4/c1-12(29-18-16(22)6-15(21)7-17(18)23)13-2-4-25(5-3-13)19(28)14-8-20(9-14,10-26)24-11-27/h6-7,11-14,26H,2-5,8-10H2,1H3,(H,24,27)/t12?,14-,20+. The minimum absolute atomic E-state index is 0.00226. The number of nitrogens with zero attached hydrogens (tertiary/aromatic N) is 1. The Morgan fingerprint density at radius 1 is 1.31 bits per heavy atom. The molecule has 1 unspecified atom stereocenters. The number of aliphatic hydroxyl groups is 1. The zero-order valence-electron chi connectivity index (χ0n) is 16.2. The highest BCUT2D eigenvalue weighted by Gasteiger charge is 2.48. The highest BCUT2D eigenvalue weighted by molar-refractivity contribution is 5.80. The molecule has 1 heterocycles. The second-order valence-electron chi connectivity index (χ2n) is 7.99. The Kier molecular flexibility index (Phi) is 6.36. The molecule has 1 atom stereocenters. The number of hydrogen-bond acceptors (Lipinski definition) is 4. The molecule has 1 aromatic rings. The summed E-state index contributed by atoms with van der Waals surface area (Å²) in [5, 5.41) is 12.0. The van der Waals surface area contributed by atoms with E-state index in [0.717, 1.165) is 0 Å². The number of ether oxygens (including phenoxy) is 1. The summed E-state index contributed by atoms with van der Waals surface area (Å²) in [6.07, 6.45) is 2.08. The van der Waals surface area contributed by atoms with Crippen LogP contribution < -0.4 is 10.1 Å². The Balaban J connectivity index is 1.50. The second-order valence-corrected chi connectivity index (χ2v) is 7.99. The molecule has 1 aliphatic heterocycles. The van der Waals surface area contributed by atoms with Gasteiger partial charge in [0.2, 0.25) is 12.3 Å². The summed E-state index contributed by atoms with van der Waals surface area (Å²) in [5.41, 5.74) is -0.702. The molecule has 2 fully saturated rings. The Labute approximate surface area is 167 Å². The lowest BCUT2D eigenvalue weighted by molar-refractivity contribution is -0.145. The fraction of sp³-hybridized carbons (Fsp3) is 0.600. The summed E-state index contributed by atoms with van der Waals surface area (Å²) in [4.78, 5) is 25.0. The number of nitrogens with one attached hydrogen (secondary N) is 1. The van der Waals surface area contributed by atoms with E-state index in [1.54, 1.807) is 11.8 Å². The van der Waals surface area contributed by atoms with E-state index >= 15 is 0 Å². The molecular weight excluding hydrogens is 389 g/mol. The minimum atomic E-state index is -1.08. The average molecular weight is 414 g/mol. The molecule has 2 amide bonds. The zero-order chi connectivity index (χ0) is 21.2. The molecular formula is C20H25F3N2O4. The van der Waals surface area contributed by atoms with Crippen LogP contribution in [-0.4, -0.2) is 53.7 Å². The SMILES string of the molecule is CC(Oc1c(F)cc(F)cc1F)C1CCN(C(=O)[C@H]2C[C@@](CO)(NC=O)C2)CC1. The summed E-state index contributed by atoms with van der Waals surface area (Å²) in [6, 6.07) is 1.16. The van der Waals surface area contributed by atoms with Gasteiger partial charge >= 0.3 is 0 Å². The maximum absolute atomic E-state index is 13.8. The average Bonchev–Trinajstić information content (AvgIpc) is 2.66. The number of carbonyl (C=O) groups is 2. The molecule has 160 valence electrons. The predicted molar refractivity (Wildman–Crippen MR) is 97.5 cm³/mol. The molecule has 1 saturated heterocycles. The van der Waals surface area contributed by atoms with Crippen LogP contribution >= 0.6 is 0 Å². The third-order valence-corrected chi connectivity index (χ3v) is 6.07. The van der Waals surface area contributed by atoms with Crippen LogP contribution in [0.25, 0.3) is 0 Å². The maximum Gasteiger partial charge on any atom is 0.225 e. The number of amides is 2. The lowest BCUT2D eigenvalue weighted by Gasteiger charge is -2.47. The van der Waals surface area contributed by atoms with E-state index in [0.29, 0.717) is 57.3 Å². The molecule has 6 nitrogen and oxygen atoms in total. The first-order valence-corrected chi connectivity index (χ1v) is 9.71. The number of benzene rings is 1. The van der Waals surface area contributed by atoms with Crippen molar-refractivity contribution in [1.82, 2.24) is 10.2 Å². The molecule has 0 spiro atoms. The van der Waals surface area contributed by atoms with Gasteiger partial charge in [-0.05, 0) is 38.5 Å². The largest absolute Gasteiger partial charge is 0.484 e. The summed E-state index contributed by atoms with van der Waals surface area (Å²) in [6.45, 7) is 2.49. The Morgan fingerprint density at radius 2 is 1.90 bits per heavy atom. The quantitative estimate of drug-likeness (QED) is 0.669. The van der Waals surface area contributed by atoms with Gasteiger partial charge in [-0.25, -0.2) is 13.2 Å². The summed E-state index contributed by atoms with van der Waals surface area (Å²) in [7, 11) is 0. The Bertz CT molecular complexity index is 739. The third kappa shape index (κ3) is 4.49. The first-order valence-electron chi connectivity index (χ1n) is 9.71. The van der Waals surface area contributed by atoms with E-state index in [2.05, 4.69) is 5.32 Å². The number of aliphatic hydroxyl groups excluding tert-OH is 1. The first kappa shape index (κ1) is 21.4. The van der Waals surface area contributed by atoms with Gasteiger partial charge in [-0.15, -0.1) is 0 Å². The van der Waals surface area contributed by atoms with Crippen molar-refractivity contribution < 1.29 is 32.6 Å². The van der Waals surface area contributed by atoms with Crippen molar-refractivity contribution in [3.8, 4) is 5.75 Å². The van der Waals surface area contributed by atoms with E-state index < -0.39 is 34.8 Å². The van der Waals surface area contributed by atoms with Crippen LogP contribution in [0.1, 0.15) is 32.6 Å². The molecule has 2 N–H and O–H groups in total. The van der Waals surface area contributed by atoms with Crippen molar-refractivity contribution in [2.45, 2.75) is 44.2 Å². The lowest BCUT2D eigenvalue weighted by atomic mass is 9.68. The third-order valence-electron chi connectivity index (χ3n) is 6.07. The number of rotatable bonds is 7. The van der Waals surface area contributed by atoms with E-state index in [-0.39, 0.29) is 24.3 Å². The number of likely N-dealkylation sites (tertiary alicyclic amines) is 1. The van der Waals surface area contributed by atoms with Gasteiger partial charge in [0.25, 0.3) is 0 Å². The molecule has 0 radical (unpaired) electrons. The van der Waals surface area contributed by atoms with Crippen molar-refractivity contribution in [2.75, 3.05) is 19.7 Å². The van der Waals surface area contributed by atoms with Crippen LogP contribution in [-0.2, 0) is 9.59 Å². The van der Waals surface area contributed by atoms with Crippen LogP contribution in [0.15, 0.2) is 12.1 Å². The van der Waals surface area contributed by atoms with Crippen molar-refractivity contribution in [3.63, 3.8) is 0 Å². The monoisotopic (exact) mass is 414 g/mol. The number of carbonyl (C=O) groups excluding carboxylic acids is 2. The highest BCUT2D eigenvalue weighted by Crippen LogP contribution is 2.39. The molecule has 3 rings (SSSR count). The molecule has 0 aromatic heterocycles. The summed E-state index contributed by atoms with van der Waals surface area (Å²) < 4.78 is 46.0. The number of halogens is 3. The first-order chi connectivity index (χ1) is 13.8. The van der Waals surface area contributed by atoms with Gasteiger partial charge in [0, 0.05) is 31.1 Å². The van der Waals surface area contributed by atoms with Crippen molar-refractivity contribution >= 4 is 12.3 Å². The molecule has 29 heavy (non-hydrogen) atoms. The Hall–Kier alpha value is -2.29. The molecule has 2 aliphatic rings. The maximum atomic E-state index is 13.8. The van der Waals surface area contributed by atoms with Crippen molar-refractivity contribution in [1.29, 1.82) is 0 Å². The van der Waals surface area contributed by atoms with Crippen LogP contribution in [0.4, 0.5) is 13.2 Å². The molecule has 1 aliphatic carbocycles. The molecule has 1 aromatic carbocycles. The zero-order valence-corrected chi connectivity index (χ0v) is 16.2. The van der Waals surface area contributed by atoms with Gasteiger partial charge in [0.15, 0.2) is 17.4 Å². The smallest absolute Gasteiger partial charge is 0.225 e. The van der Waals surface area contributed by atoms with Gasteiger partial charge < -0.3 is 20.1 Å². The van der Waals surface area contributed by atoms with Crippen LogP contribution in [0, 0.1) is 29.3 Å². The van der Waals surface area contributed by atoms with Gasteiger partial charge in [-0.2, -0.15) is 0 Å². The van der Waals surface area contributed by atoms with Gasteiger partial charge in [0.05, 0.1) is 18.2 Å². The lowest BCUT2D eigenvalue weighted by Crippen LogP contribution is -2.61. The fourth-order valence-electron chi connectivity index (χ4n) is 4.25. The highest BCUT2D eigenvalue weighted by atomic mass is 19.1. The summed E-state index contributed by atoms with van der Waals surface area (Å²) >= 11 is 0. The number of hydrogen-bond donors (Lipinski definition) is 2. The van der Waals surface area contributed by atoms with E-state index in [1.165, 1.54) is 0 Å². The van der Waals surface area contributed by atoms with Crippen LogP contribution in [0.2, 0.25) is 0 Å². The van der Waals surface area contributed by atoms with Crippen molar-refractivity contribution in [2.24, 2.45) is 11.8 Å². The van der Waals surface area contributed by atoms with Crippen molar-refractivity contribution in [3.05, 3.63) is 29.6 Å². The van der Waals surface area contributed by atoms with Crippen LogP contribution in [0.3, 0.4) is 0 Å². The summed E-state index contributed by atoms with van der Waals surface area (Å²) in [5.74, 6) is -4.00. The Morgan fingerprint density at radius 3 is 2.41 bits per heavy atom. The minimum Gasteiger partial charge on any atom is -0.484 e. The normalized spacial score (nSPS) is 25.8. The van der Waals surface area contributed by atoms with Gasteiger partial charge in [0.1, 0.15) is 5.82 Å². The van der Waals surface area contributed by atoms with Gasteiger partial charge in [-0.3, -0.25) is 9.59 Å². The molecule has 1 saturated carbocycles. The van der Waals surface area contributed by atoms with E-state index in [4.69, 9.17) is 4.74 Å². The van der Waals surface area contributed by atoms with E-state index in [1.807, 2.05) is 0 Å². The van der Waals surface area contributed by atoms with Crippen LogP contribution in [0.5, 0.6) is 5.75 Å². The molecule has 9 heteroatoms. The number of piperidine rings is 1. The topological polar surface area (TPSA) is 78.9 Å². The second kappa shape index (κ2) is 8.61. The molecule has 0 bridgehead atoms.